The van der Waals surface area contributed by atoms with Crippen molar-refractivity contribution in [3.05, 3.63) is 57.8 Å². The second kappa shape index (κ2) is 6.11. The number of thiophene rings is 1. The third-order valence-corrected chi connectivity index (χ3v) is 4.86. The van der Waals surface area contributed by atoms with E-state index < -0.39 is 16.0 Å². The van der Waals surface area contributed by atoms with Crippen molar-refractivity contribution < 1.29 is 18.3 Å². The summed E-state index contributed by atoms with van der Waals surface area (Å²) in [5.41, 5.74) is 1.29. The quantitative estimate of drug-likeness (QED) is 0.885. The largest absolute Gasteiger partial charge is 0.477 e. The maximum absolute atomic E-state index is 11.9. The van der Waals surface area contributed by atoms with E-state index in [-0.39, 0.29) is 9.88 Å². The summed E-state index contributed by atoms with van der Waals surface area (Å²) in [5, 5.41) is 10.3. The van der Waals surface area contributed by atoms with Crippen molar-refractivity contribution in [3.63, 3.8) is 0 Å². The Hall–Kier alpha value is -2.12. The van der Waals surface area contributed by atoms with Gasteiger partial charge in [-0.2, -0.15) is 0 Å². The Morgan fingerprint density at radius 1 is 1.29 bits per heavy atom. The summed E-state index contributed by atoms with van der Waals surface area (Å²) in [4.78, 5) is 11.1. The first-order valence-electron chi connectivity index (χ1n) is 5.97. The SMILES string of the molecule is Cc1cc(NS(=O)(=O)/C=C/c2ccccc2)sc1C(=O)O. The van der Waals surface area contributed by atoms with Crippen LogP contribution in [0.15, 0.2) is 41.8 Å². The normalized spacial score (nSPS) is 11.7. The van der Waals surface area contributed by atoms with Gasteiger partial charge in [-0.05, 0) is 30.2 Å². The lowest BCUT2D eigenvalue weighted by atomic mass is 10.2. The lowest BCUT2D eigenvalue weighted by Crippen LogP contribution is -2.07. The number of hydrogen-bond acceptors (Lipinski definition) is 4. The molecule has 0 aliphatic rings. The summed E-state index contributed by atoms with van der Waals surface area (Å²) in [6.45, 7) is 1.62. The molecule has 0 bridgehead atoms. The maximum Gasteiger partial charge on any atom is 0.346 e. The summed E-state index contributed by atoms with van der Waals surface area (Å²) in [5.74, 6) is -1.07. The van der Waals surface area contributed by atoms with E-state index in [9.17, 15) is 13.2 Å². The summed E-state index contributed by atoms with van der Waals surface area (Å²) in [7, 11) is -3.68. The number of sulfonamides is 1. The Balaban J connectivity index is 2.16. The fraction of sp³-hybridized carbons (Fsp3) is 0.0714. The molecule has 110 valence electrons. The van der Waals surface area contributed by atoms with Gasteiger partial charge in [0, 0.05) is 0 Å². The van der Waals surface area contributed by atoms with Gasteiger partial charge in [-0.1, -0.05) is 30.3 Å². The molecular weight excluding hydrogens is 310 g/mol. The van der Waals surface area contributed by atoms with Crippen molar-refractivity contribution in [2.75, 3.05) is 4.72 Å². The molecule has 2 aromatic rings. The third-order valence-electron chi connectivity index (χ3n) is 2.59. The lowest BCUT2D eigenvalue weighted by Gasteiger charge is -2.00. The highest BCUT2D eigenvalue weighted by Crippen LogP contribution is 2.27. The van der Waals surface area contributed by atoms with Crippen LogP contribution in [0.1, 0.15) is 20.8 Å². The number of aryl methyl sites for hydroxylation is 1. The highest BCUT2D eigenvalue weighted by atomic mass is 32.2. The lowest BCUT2D eigenvalue weighted by molar-refractivity contribution is 0.0701. The first-order chi connectivity index (χ1) is 9.87. The molecule has 0 unspecified atom stereocenters. The van der Waals surface area contributed by atoms with Crippen molar-refractivity contribution >= 4 is 38.4 Å². The van der Waals surface area contributed by atoms with Gasteiger partial charge in [-0.15, -0.1) is 11.3 Å². The number of hydrogen-bond donors (Lipinski definition) is 2. The van der Waals surface area contributed by atoms with Crippen molar-refractivity contribution in [1.82, 2.24) is 0 Å². The van der Waals surface area contributed by atoms with Crippen LogP contribution in [-0.4, -0.2) is 19.5 Å². The van der Waals surface area contributed by atoms with Crippen molar-refractivity contribution in [2.24, 2.45) is 0 Å². The van der Waals surface area contributed by atoms with Crippen LogP contribution in [0.2, 0.25) is 0 Å². The standard InChI is InChI=1S/C14H13NO4S2/c1-10-9-12(20-13(10)14(16)17)15-21(18,19)8-7-11-5-3-2-4-6-11/h2-9,15H,1H3,(H,16,17)/b8-7+. The van der Waals surface area contributed by atoms with E-state index in [1.807, 2.05) is 18.2 Å². The summed E-state index contributed by atoms with van der Waals surface area (Å²) in [6.07, 6.45) is 1.47. The number of carboxylic acid groups (broad SMARTS) is 1. The van der Waals surface area contributed by atoms with Gasteiger partial charge in [0.2, 0.25) is 0 Å². The van der Waals surface area contributed by atoms with E-state index >= 15 is 0 Å². The zero-order valence-electron chi connectivity index (χ0n) is 11.1. The van der Waals surface area contributed by atoms with E-state index in [2.05, 4.69) is 4.72 Å². The number of carbonyl (C=O) groups is 1. The van der Waals surface area contributed by atoms with E-state index in [1.165, 1.54) is 12.1 Å². The van der Waals surface area contributed by atoms with Gasteiger partial charge < -0.3 is 5.11 Å². The molecule has 2 rings (SSSR count). The van der Waals surface area contributed by atoms with E-state index in [4.69, 9.17) is 5.11 Å². The van der Waals surface area contributed by atoms with Gasteiger partial charge in [-0.3, -0.25) is 4.72 Å². The molecule has 1 heterocycles. The second-order valence-electron chi connectivity index (χ2n) is 4.29. The Morgan fingerprint density at radius 2 is 1.95 bits per heavy atom. The highest BCUT2D eigenvalue weighted by Gasteiger charge is 2.14. The molecule has 2 N–H and O–H groups in total. The number of rotatable bonds is 5. The number of aromatic carboxylic acids is 1. The predicted molar refractivity (Wildman–Crippen MR) is 84.0 cm³/mol. The molecule has 0 saturated heterocycles. The van der Waals surface area contributed by atoms with Crippen molar-refractivity contribution in [1.29, 1.82) is 0 Å². The Kier molecular flexibility index (Phi) is 4.44. The van der Waals surface area contributed by atoms with Gasteiger partial charge in [0.25, 0.3) is 10.0 Å². The van der Waals surface area contributed by atoms with E-state index in [0.717, 1.165) is 22.3 Å². The molecule has 0 radical (unpaired) electrons. The monoisotopic (exact) mass is 323 g/mol. The maximum atomic E-state index is 11.9. The predicted octanol–water partition coefficient (Wildman–Crippen LogP) is 3.17. The minimum Gasteiger partial charge on any atom is -0.477 e. The highest BCUT2D eigenvalue weighted by molar-refractivity contribution is 7.95. The van der Waals surface area contributed by atoms with E-state index in [0.29, 0.717) is 5.56 Å². The van der Waals surface area contributed by atoms with Crippen LogP contribution in [0.3, 0.4) is 0 Å². The zero-order valence-corrected chi connectivity index (χ0v) is 12.7. The van der Waals surface area contributed by atoms with Gasteiger partial charge in [0.15, 0.2) is 0 Å². The first-order valence-corrected chi connectivity index (χ1v) is 8.33. The van der Waals surface area contributed by atoms with E-state index in [1.54, 1.807) is 19.1 Å². The van der Waals surface area contributed by atoms with Gasteiger partial charge >= 0.3 is 5.97 Å². The molecular formula is C14H13NO4S2. The number of nitrogens with one attached hydrogen (secondary N) is 1. The number of carboxylic acids is 1. The summed E-state index contributed by atoms with van der Waals surface area (Å²) < 4.78 is 26.2. The Bertz CT molecular complexity index is 777. The van der Waals surface area contributed by atoms with Gasteiger partial charge in [0.1, 0.15) is 9.88 Å². The van der Waals surface area contributed by atoms with Crippen LogP contribution in [-0.2, 0) is 10.0 Å². The zero-order chi connectivity index (χ0) is 15.5. The first kappa shape index (κ1) is 15.3. The molecule has 7 heteroatoms. The molecule has 0 saturated carbocycles. The average molecular weight is 323 g/mol. The smallest absolute Gasteiger partial charge is 0.346 e. The molecule has 1 aromatic carbocycles. The van der Waals surface area contributed by atoms with Gasteiger partial charge in [-0.25, -0.2) is 13.2 Å². The molecule has 0 fully saturated rings. The third kappa shape index (κ3) is 4.17. The fourth-order valence-corrected chi connectivity index (χ4v) is 3.67. The topological polar surface area (TPSA) is 83.5 Å². The molecule has 21 heavy (non-hydrogen) atoms. The molecule has 5 nitrogen and oxygen atoms in total. The van der Waals surface area contributed by atoms with Crippen LogP contribution >= 0.6 is 11.3 Å². The molecule has 1 aromatic heterocycles. The minimum atomic E-state index is -3.68. The Morgan fingerprint density at radius 3 is 2.52 bits per heavy atom. The molecule has 0 spiro atoms. The minimum absolute atomic E-state index is 0.125. The second-order valence-corrected chi connectivity index (χ2v) is 6.91. The van der Waals surface area contributed by atoms with Crippen LogP contribution in [0, 0.1) is 6.92 Å². The summed E-state index contributed by atoms with van der Waals surface area (Å²) in [6, 6.07) is 10.5. The fourth-order valence-electron chi connectivity index (χ4n) is 1.65. The van der Waals surface area contributed by atoms with Crippen molar-refractivity contribution in [2.45, 2.75) is 6.92 Å². The van der Waals surface area contributed by atoms with Crippen LogP contribution in [0.25, 0.3) is 6.08 Å². The van der Waals surface area contributed by atoms with Crippen LogP contribution in [0.4, 0.5) is 5.00 Å². The number of benzene rings is 1. The molecule has 0 aliphatic carbocycles. The van der Waals surface area contributed by atoms with Gasteiger partial charge in [0.05, 0.1) is 5.41 Å². The van der Waals surface area contributed by atoms with Crippen LogP contribution < -0.4 is 4.72 Å². The molecule has 0 aliphatic heterocycles. The number of anilines is 1. The van der Waals surface area contributed by atoms with Crippen LogP contribution in [0.5, 0.6) is 0 Å². The molecule has 0 amide bonds. The molecule has 0 atom stereocenters. The van der Waals surface area contributed by atoms with Crippen molar-refractivity contribution in [3.8, 4) is 0 Å². The summed E-state index contributed by atoms with van der Waals surface area (Å²) >= 11 is 0.892. The Labute approximate surface area is 126 Å². The average Bonchev–Trinajstić information content (AvgIpc) is 2.78.